The molecule has 1 N–H and O–H groups in total. The van der Waals surface area contributed by atoms with Crippen LogP contribution in [0.5, 0.6) is 5.75 Å². The highest BCUT2D eigenvalue weighted by Gasteiger charge is 2.50. The van der Waals surface area contributed by atoms with Crippen LogP contribution in [0.1, 0.15) is 81.5 Å². The van der Waals surface area contributed by atoms with Crippen molar-refractivity contribution < 1.29 is 19.1 Å². The second-order valence-electron chi connectivity index (χ2n) is 11.3. The van der Waals surface area contributed by atoms with Crippen molar-refractivity contribution in [1.29, 1.82) is 0 Å². The van der Waals surface area contributed by atoms with Gasteiger partial charge in [0.2, 0.25) is 0 Å². The van der Waals surface area contributed by atoms with Gasteiger partial charge in [-0.05, 0) is 81.3 Å². The molecule has 2 aromatic carbocycles. The molecule has 3 aromatic rings. The Hall–Kier alpha value is -2.83. The highest BCUT2D eigenvalue weighted by atomic mass is 35.5. The summed E-state index contributed by atoms with van der Waals surface area (Å²) in [7, 11) is 0. The summed E-state index contributed by atoms with van der Waals surface area (Å²) in [6, 6.07) is 12.7. The normalized spacial score (nSPS) is 23.9. The zero-order valence-electron chi connectivity index (χ0n) is 23.0. The SMILES string of the molecule is CCCCc1cc(=O)oc2c(C)c(O[C@@H](C)C(=O)N3CC[C@@]4(O)CCCC[C@@H]4[C@@H]3c3ccc(Cl)cc3)ccc12. The maximum Gasteiger partial charge on any atom is 0.336 e. The molecule has 2 aliphatic rings. The van der Waals surface area contributed by atoms with Gasteiger partial charge in [-0.1, -0.05) is 49.9 Å². The van der Waals surface area contributed by atoms with Gasteiger partial charge in [-0.15, -0.1) is 0 Å². The van der Waals surface area contributed by atoms with E-state index in [0.29, 0.717) is 34.9 Å². The van der Waals surface area contributed by atoms with E-state index in [1.165, 1.54) is 0 Å². The zero-order valence-corrected chi connectivity index (χ0v) is 23.8. The first-order chi connectivity index (χ1) is 18.7. The first-order valence-electron chi connectivity index (χ1n) is 14.2. The molecule has 1 saturated heterocycles. The highest BCUT2D eigenvalue weighted by molar-refractivity contribution is 6.30. The lowest BCUT2D eigenvalue weighted by atomic mass is 9.66. The van der Waals surface area contributed by atoms with Crippen LogP contribution in [0.25, 0.3) is 11.0 Å². The summed E-state index contributed by atoms with van der Waals surface area (Å²) in [5, 5.41) is 13.1. The van der Waals surface area contributed by atoms with Crippen LogP contribution < -0.4 is 10.4 Å². The number of hydrogen-bond acceptors (Lipinski definition) is 5. The fourth-order valence-corrected chi connectivity index (χ4v) is 6.71. The monoisotopic (exact) mass is 551 g/mol. The quantitative estimate of drug-likeness (QED) is 0.328. The third-order valence-corrected chi connectivity index (χ3v) is 8.96. The van der Waals surface area contributed by atoms with Gasteiger partial charge in [-0.2, -0.15) is 0 Å². The van der Waals surface area contributed by atoms with Crippen LogP contribution in [0.4, 0.5) is 0 Å². The minimum absolute atomic E-state index is 0.0458. The Bertz CT molecular complexity index is 1400. The Morgan fingerprint density at radius 2 is 1.97 bits per heavy atom. The van der Waals surface area contributed by atoms with E-state index < -0.39 is 11.7 Å². The number of ether oxygens (including phenoxy) is 1. The van der Waals surface area contributed by atoms with Crippen molar-refractivity contribution in [3.8, 4) is 5.75 Å². The van der Waals surface area contributed by atoms with E-state index in [1.807, 2.05) is 48.2 Å². The first kappa shape index (κ1) is 27.7. The Kier molecular flexibility index (Phi) is 8.06. The predicted molar refractivity (Wildman–Crippen MR) is 153 cm³/mol. The average Bonchev–Trinajstić information content (AvgIpc) is 2.92. The smallest absolute Gasteiger partial charge is 0.336 e. The van der Waals surface area contributed by atoms with E-state index in [0.717, 1.165) is 61.5 Å². The van der Waals surface area contributed by atoms with Gasteiger partial charge in [-0.3, -0.25) is 4.79 Å². The predicted octanol–water partition coefficient (Wildman–Crippen LogP) is 6.76. The number of halogens is 1. The number of hydrogen-bond donors (Lipinski definition) is 1. The van der Waals surface area contributed by atoms with Crippen LogP contribution in [-0.4, -0.2) is 34.2 Å². The van der Waals surface area contributed by atoms with Crippen LogP contribution in [0.2, 0.25) is 5.02 Å². The fourth-order valence-electron chi connectivity index (χ4n) is 6.59. The summed E-state index contributed by atoms with van der Waals surface area (Å²) in [6.45, 7) is 6.21. The summed E-state index contributed by atoms with van der Waals surface area (Å²) in [4.78, 5) is 28.1. The number of fused-ring (bicyclic) bond motifs is 2. The molecular weight excluding hydrogens is 514 g/mol. The summed E-state index contributed by atoms with van der Waals surface area (Å²) < 4.78 is 11.9. The van der Waals surface area contributed by atoms with Crippen molar-refractivity contribution in [2.75, 3.05) is 6.54 Å². The van der Waals surface area contributed by atoms with Gasteiger partial charge in [0.1, 0.15) is 11.3 Å². The van der Waals surface area contributed by atoms with Gasteiger partial charge in [-0.25, -0.2) is 4.79 Å². The maximum absolute atomic E-state index is 14.0. The van der Waals surface area contributed by atoms with Gasteiger partial charge in [0.15, 0.2) is 6.10 Å². The van der Waals surface area contributed by atoms with Gasteiger partial charge < -0.3 is 19.2 Å². The van der Waals surface area contributed by atoms with Crippen molar-refractivity contribution in [3.05, 3.63) is 74.6 Å². The van der Waals surface area contributed by atoms with Crippen LogP contribution in [0, 0.1) is 12.8 Å². The Morgan fingerprint density at radius 3 is 2.72 bits per heavy atom. The lowest BCUT2D eigenvalue weighted by molar-refractivity contribution is -0.161. The molecule has 0 spiro atoms. The summed E-state index contributed by atoms with van der Waals surface area (Å²) in [5.74, 6) is 0.351. The minimum atomic E-state index is -0.772. The zero-order chi connectivity index (χ0) is 27.7. The standard InChI is InChI=1S/C32H38ClNO5/c1-4-5-8-23-19-28(35)39-30-20(2)27(15-14-25(23)30)38-21(3)31(36)34-18-17-32(37)16-7-6-9-26(32)29(34)22-10-12-24(33)13-11-22/h10-15,19,21,26,29,37H,4-9,16-18H2,1-3H3/t21-,26+,29-,32-/m0/s1. The van der Waals surface area contributed by atoms with Crippen molar-refractivity contribution in [2.24, 2.45) is 5.92 Å². The van der Waals surface area contributed by atoms with E-state index in [2.05, 4.69) is 6.92 Å². The largest absolute Gasteiger partial charge is 0.480 e. The molecule has 6 nitrogen and oxygen atoms in total. The number of aliphatic hydroxyl groups is 1. The number of carbonyl (C=O) groups is 1. The minimum Gasteiger partial charge on any atom is -0.480 e. The molecule has 2 heterocycles. The van der Waals surface area contributed by atoms with E-state index in [4.69, 9.17) is 20.8 Å². The first-order valence-corrected chi connectivity index (χ1v) is 14.6. The third-order valence-electron chi connectivity index (χ3n) is 8.71. The molecule has 0 radical (unpaired) electrons. The highest BCUT2D eigenvalue weighted by Crippen LogP contribution is 2.49. The Labute approximate surface area is 234 Å². The summed E-state index contributed by atoms with van der Waals surface area (Å²) in [5.41, 5.74) is 2.02. The number of nitrogens with zero attached hydrogens (tertiary/aromatic N) is 1. The molecule has 1 aliphatic heterocycles. The van der Waals surface area contributed by atoms with E-state index in [-0.39, 0.29) is 23.5 Å². The number of aryl methyl sites for hydroxylation is 2. The van der Waals surface area contributed by atoms with Gasteiger partial charge in [0, 0.05) is 34.5 Å². The van der Waals surface area contributed by atoms with Crippen molar-refractivity contribution in [1.82, 2.24) is 4.90 Å². The van der Waals surface area contributed by atoms with E-state index >= 15 is 0 Å². The fraction of sp³-hybridized carbons (Fsp3) is 0.500. The molecule has 39 heavy (non-hydrogen) atoms. The van der Waals surface area contributed by atoms with Gasteiger partial charge in [0.25, 0.3) is 5.91 Å². The summed E-state index contributed by atoms with van der Waals surface area (Å²) in [6.07, 6.45) is 6.29. The van der Waals surface area contributed by atoms with Crippen LogP contribution in [0.15, 0.2) is 51.7 Å². The average molecular weight is 552 g/mol. The summed E-state index contributed by atoms with van der Waals surface area (Å²) >= 11 is 6.18. The number of piperidine rings is 1. The number of amides is 1. The lowest BCUT2D eigenvalue weighted by Gasteiger charge is -2.53. The molecule has 208 valence electrons. The van der Waals surface area contributed by atoms with E-state index in [1.54, 1.807) is 13.0 Å². The van der Waals surface area contributed by atoms with Crippen LogP contribution >= 0.6 is 11.6 Å². The lowest BCUT2D eigenvalue weighted by Crippen LogP contribution is -2.58. The molecule has 1 aromatic heterocycles. The van der Waals surface area contributed by atoms with Crippen LogP contribution in [0.3, 0.4) is 0 Å². The number of benzene rings is 2. The maximum atomic E-state index is 14.0. The molecular formula is C32H38ClNO5. The molecule has 1 amide bonds. The Balaban J connectivity index is 1.43. The number of unbranched alkanes of at least 4 members (excludes halogenated alkanes) is 1. The van der Waals surface area contributed by atoms with E-state index in [9.17, 15) is 14.7 Å². The third kappa shape index (κ3) is 5.46. The number of carbonyl (C=O) groups excluding carboxylic acids is 1. The van der Waals surface area contributed by atoms with Crippen molar-refractivity contribution >= 4 is 28.5 Å². The van der Waals surface area contributed by atoms with Crippen molar-refractivity contribution in [3.63, 3.8) is 0 Å². The molecule has 2 fully saturated rings. The van der Waals surface area contributed by atoms with Gasteiger partial charge in [0.05, 0.1) is 11.6 Å². The number of likely N-dealkylation sites (tertiary alicyclic amines) is 1. The molecule has 4 atom stereocenters. The molecule has 5 rings (SSSR count). The molecule has 1 aliphatic carbocycles. The molecule has 0 bridgehead atoms. The van der Waals surface area contributed by atoms with Gasteiger partial charge >= 0.3 is 5.63 Å². The molecule has 7 heteroatoms. The second kappa shape index (κ2) is 11.3. The molecule has 1 saturated carbocycles. The molecule has 0 unspecified atom stereocenters. The van der Waals surface area contributed by atoms with Crippen molar-refractivity contribution in [2.45, 2.75) is 89.9 Å². The number of rotatable bonds is 7. The van der Waals surface area contributed by atoms with Crippen LogP contribution in [-0.2, 0) is 11.2 Å². The Morgan fingerprint density at radius 1 is 1.21 bits per heavy atom. The second-order valence-corrected chi connectivity index (χ2v) is 11.7. The topological polar surface area (TPSA) is 80.0 Å².